The van der Waals surface area contributed by atoms with E-state index in [1.165, 1.54) is 4.90 Å². The summed E-state index contributed by atoms with van der Waals surface area (Å²) in [4.78, 5) is 17.6. The second kappa shape index (κ2) is 6.25. The van der Waals surface area contributed by atoms with Crippen molar-refractivity contribution in [3.8, 4) is 0 Å². The fraction of sp³-hybridized carbons (Fsp3) is 0.500. The second-order valence-corrected chi connectivity index (χ2v) is 5.59. The highest BCUT2D eigenvalue weighted by Gasteiger charge is 2.18. The maximum absolute atomic E-state index is 12.1. The van der Waals surface area contributed by atoms with E-state index in [1.54, 1.807) is 11.8 Å². The van der Waals surface area contributed by atoms with Crippen LogP contribution in [-0.2, 0) is 11.2 Å². The highest BCUT2D eigenvalue weighted by atomic mass is 32.2. The van der Waals surface area contributed by atoms with E-state index in [1.807, 2.05) is 4.90 Å². The number of rotatable bonds is 3. The standard InChI is InChI=1S/C14H20N2OS/c1-15-7-9-16(10-8-15)14(17)11-12-3-5-13(18-2)6-4-12/h3-6H,7-11H2,1-2H3. The Hall–Kier alpha value is -1.00. The van der Waals surface area contributed by atoms with Gasteiger partial charge >= 0.3 is 0 Å². The lowest BCUT2D eigenvalue weighted by molar-refractivity contribution is -0.132. The number of thioether (sulfide) groups is 1. The van der Waals surface area contributed by atoms with Crippen molar-refractivity contribution in [1.82, 2.24) is 9.80 Å². The summed E-state index contributed by atoms with van der Waals surface area (Å²) in [6.45, 7) is 3.69. The normalized spacial score (nSPS) is 16.9. The first-order valence-corrected chi connectivity index (χ1v) is 7.51. The molecule has 1 aliphatic heterocycles. The Morgan fingerprint density at radius 3 is 2.33 bits per heavy atom. The van der Waals surface area contributed by atoms with Crippen LogP contribution in [0.1, 0.15) is 5.56 Å². The summed E-state index contributed by atoms with van der Waals surface area (Å²) < 4.78 is 0. The third-order valence-corrected chi connectivity index (χ3v) is 4.11. The number of benzene rings is 1. The van der Waals surface area contributed by atoms with Crippen LogP contribution < -0.4 is 0 Å². The van der Waals surface area contributed by atoms with Crippen LogP contribution >= 0.6 is 11.8 Å². The smallest absolute Gasteiger partial charge is 0.227 e. The molecule has 0 bridgehead atoms. The second-order valence-electron chi connectivity index (χ2n) is 4.71. The first-order chi connectivity index (χ1) is 8.69. The molecule has 0 saturated carbocycles. The zero-order chi connectivity index (χ0) is 13.0. The zero-order valence-corrected chi connectivity index (χ0v) is 11.9. The minimum Gasteiger partial charge on any atom is -0.340 e. The van der Waals surface area contributed by atoms with Gasteiger partial charge in [-0.05, 0) is 31.0 Å². The third kappa shape index (κ3) is 3.50. The molecule has 18 heavy (non-hydrogen) atoms. The summed E-state index contributed by atoms with van der Waals surface area (Å²) in [6.07, 6.45) is 2.59. The van der Waals surface area contributed by atoms with Gasteiger partial charge in [0.05, 0.1) is 6.42 Å². The van der Waals surface area contributed by atoms with Crippen molar-refractivity contribution >= 4 is 17.7 Å². The number of hydrogen-bond donors (Lipinski definition) is 0. The average molecular weight is 264 g/mol. The Bertz CT molecular complexity index is 397. The molecule has 1 aromatic carbocycles. The van der Waals surface area contributed by atoms with Crippen LogP contribution in [0.4, 0.5) is 0 Å². The van der Waals surface area contributed by atoms with Gasteiger partial charge < -0.3 is 9.80 Å². The monoisotopic (exact) mass is 264 g/mol. The Morgan fingerprint density at radius 1 is 1.17 bits per heavy atom. The first kappa shape index (κ1) is 13.4. The van der Waals surface area contributed by atoms with Gasteiger partial charge in [0.2, 0.25) is 5.91 Å². The van der Waals surface area contributed by atoms with E-state index in [0.717, 1.165) is 31.7 Å². The maximum atomic E-state index is 12.1. The fourth-order valence-electron chi connectivity index (χ4n) is 2.09. The van der Waals surface area contributed by atoms with E-state index in [0.29, 0.717) is 6.42 Å². The van der Waals surface area contributed by atoms with E-state index in [2.05, 4.69) is 42.5 Å². The van der Waals surface area contributed by atoms with Crippen molar-refractivity contribution in [1.29, 1.82) is 0 Å². The molecule has 0 unspecified atom stereocenters. The number of carbonyl (C=O) groups is 1. The number of likely N-dealkylation sites (N-methyl/N-ethyl adjacent to an activating group) is 1. The fourth-order valence-corrected chi connectivity index (χ4v) is 2.49. The number of carbonyl (C=O) groups excluding carboxylic acids is 1. The van der Waals surface area contributed by atoms with Crippen LogP contribution in [-0.4, -0.2) is 55.2 Å². The van der Waals surface area contributed by atoms with Crippen LogP contribution in [0.25, 0.3) is 0 Å². The number of piperazine rings is 1. The molecule has 1 fully saturated rings. The summed E-state index contributed by atoms with van der Waals surface area (Å²) >= 11 is 1.72. The summed E-state index contributed by atoms with van der Waals surface area (Å²) in [5, 5.41) is 0. The van der Waals surface area contributed by atoms with E-state index in [4.69, 9.17) is 0 Å². The minimum atomic E-state index is 0.250. The summed E-state index contributed by atoms with van der Waals surface area (Å²) in [6, 6.07) is 8.27. The lowest BCUT2D eigenvalue weighted by Crippen LogP contribution is -2.47. The summed E-state index contributed by atoms with van der Waals surface area (Å²) in [5.74, 6) is 0.250. The Balaban J connectivity index is 1.90. The van der Waals surface area contributed by atoms with Crippen molar-refractivity contribution in [3.05, 3.63) is 29.8 Å². The maximum Gasteiger partial charge on any atom is 0.227 e. The largest absolute Gasteiger partial charge is 0.340 e. The highest BCUT2D eigenvalue weighted by molar-refractivity contribution is 7.98. The lowest BCUT2D eigenvalue weighted by Gasteiger charge is -2.32. The molecule has 3 nitrogen and oxygen atoms in total. The Labute approximate surface area is 113 Å². The Morgan fingerprint density at radius 2 is 1.78 bits per heavy atom. The molecule has 1 aliphatic rings. The van der Waals surface area contributed by atoms with Gasteiger partial charge in [0.1, 0.15) is 0 Å². The van der Waals surface area contributed by atoms with Gasteiger partial charge in [-0.15, -0.1) is 11.8 Å². The van der Waals surface area contributed by atoms with E-state index >= 15 is 0 Å². The van der Waals surface area contributed by atoms with Gasteiger partial charge in [0, 0.05) is 31.1 Å². The Kier molecular flexibility index (Phi) is 4.66. The van der Waals surface area contributed by atoms with Gasteiger partial charge in [-0.2, -0.15) is 0 Å². The minimum absolute atomic E-state index is 0.250. The molecule has 0 aromatic heterocycles. The third-order valence-electron chi connectivity index (χ3n) is 3.37. The molecule has 0 N–H and O–H groups in total. The van der Waals surface area contributed by atoms with Gasteiger partial charge in [0.25, 0.3) is 0 Å². The lowest BCUT2D eigenvalue weighted by atomic mass is 10.1. The van der Waals surface area contributed by atoms with Crippen LogP contribution in [0.15, 0.2) is 29.2 Å². The van der Waals surface area contributed by atoms with Crippen molar-refractivity contribution in [2.45, 2.75) is 11.3 Å². The zero-order valence-electron chi connectivity index (χ0n) is 11.1. The van der Waals surface area contributed by atoms with Crippen molar-refractivity contribution in [2.75, 3.05) is 39.5 Å². The topological polar surface area (TPSA) is 23.6 Å². The van der Waals surface area contributed by atoms with E-state index < -0.39 is 0 Å². The van der Waals surface area contributed by atoms with Crippen molar-refractivity contribution < 1.29 is 4.79 Å². The molecule has 1 aromatic rings. The van der Waals surface area contributed by atoms with Crippen LogP contribution in [0.3, 0.4) is 0 Å². The number of hydrogen-bond acceptors (Lipinski definition) is 3. The predicted octanol–water partition coefficient (Wildman–Crippen LogP) is 1.73. The molecule has 1 amide bonds. The van der Waals surface area contributed by atoms with Gasteiger partial charge in [-0.3, -0.25) is 4.79 Å². The summed E-state index contributed by atoms with van der Waals surface area (Å²) in [5.41, 5.74) is 1.11. The van der Waals surface area contributed by atoms with Crippen LogP contribution in [0, 0.1) is 0 Å². The first-order valence-electron chi connectivity index (χ1n) is 6.28. The molecular formula is C14H20N2OS. The molecule has 0 aliphatic carbocycles. The molecule has 1 heterocycles. The van der Waals surface area contributed by atoms with Crippen molar-refractivity contribution in [3.63, 3.8) is 0 Å². The van der Waals surface area contributed by atoms with Crippen LogP contribution in [0.5, 0.6) is 0 Å². The highest BCUT2D eigenvalue weighted by Crippen LogP contribution is 2.15. The van der Waals surface area contributed by atoms with Gasteiger partial charge in [0.15, 0.2) is 0 Å². The molecule has 98 valence electrons. The van der Waals surface area contributed by atoms with Crippen LogP contribution in [0.2, 0.25) is 0 Å². The van der Waals surface area contributed by atoms with Gasteiger partial charge in [-0.1, -0.05) is 12.1 Å². The molecule has 1 saturated heterocycles. The quantitative estimate of drug-likeness (QED) is 0.777. The molecule has 4 heteroatoms. The number of amides is 1. The molecule has 0 radical (unpaired) electrons. The van der Waals surface area contributed by atoms with Gasteiger partial charge in [-0.25, -0.2) is 0 Å². The van der Waals surface area contributed by atoms with E-state index in [-0.39, 0.29) is 5.91 Å². The summed E-state index contributed by atoms with van der Waals surface area (Å²) in [7, 11) is 2.10. The molecule has 2 rings (SSSR count). The predicted molar refractivity (Wildman–Crippen MR) is 76.0 cm³/mol. The average Bonchev–Trinajstić information content (AvgIpc) is 2.40. The van der Waals surface area contributed by atoms with Crippen molar-refractivity contribution in [2.24, 2.45) is 0 Å². The molecule has 0 spiro atoms. The van der Waals surface area contributed by atoms with E-state index in [9.17, 15) is 4.79 Å². The molecule has 0 atom stereocenters. The SMILES string of the molecule is CSc1ccc(CC(=O)N2CCN(C)CC2)cc1. The molecular weight excluding hydrogens is 244 g/mol. The number of nitrogens with zero attached hydrogens (tertiary/aromatic N) is 2.